The van der Waals surface area contributed by atoms with Gasteiger partial charge in [0.1, 0.15) is 0 Å². The molecule has 0 saturated heterocycles. The largest absolute Gasteiger partial charge is 0.478 e. The van der Waals surface area contributed by atoms with Crippen LogP contribution < -0.4 is 5.32 Å². The van der Waals surface area contributed by atoms with Crippen molar-refractivity contribution in [2.75, 3.05) is 12.0 Å². The van der Waals surface area contributed by atoms with Crippen molar-refractivity contribution in [2.45, 2.75) is 18.9 Å². The summed E-state index contributed by atoms with van der Waals surface area (Å²) in [6.45, 7) is 0. The number of carbonyl (C=O) groups excluding carboxylic acids is 1. The van der Waals surface area contributed by atoms with Gasteiger partial charge in [-0.2, -0.15) is 0 Å². The van der Waals surface area contributed by atoms with Crippen molar-refractivity contribution in [2.24, 2.45) is 0 Å². The van der Waals surface area contributed by atoms with Gasteiger partial charge in [-0.05, 0) is 23.6 Å². The van der Waals surface area contributed by atoms with Crippen molar-refractivity contribution in [3.8, 4) is 0 Å². The van der Waals surface area contributed by atoms with Crippen LogP contribution in [0.2, 0.25) is 0 Å². The van der Waals surface area contributed by atoms with Crippen molar-refractivity contribution in [1.82, 2.24) is 5.32 Å². The minimum atomic E-state index is -1.05. The molecule has 2 unspecified atom stereocenters. The Morgan fingerprint density at radius 1 is 1.08 bits per heavy atom. The fraction of sp³-hybridized carbons (Fsp3) is 0.263. The Morgan fingerprint density at radius 2 is 1.72 bits per heavy atom. The first kappa shape index (κ1) is 18.9. The second kappa shape index (κ2) is 9.13. The van der Waals surface area contributed by atoms with Gasteiger partial charge in [-0.1, -0.05) is 48.5 Å². The minimum absolute atomic E-state index is 0.171. The van der Waals surface area contributed by atoms with Gasteiger partial charge in [0.05, 0.1) is 11.6 Å². The van der Waals surface area contributed by atoms with Gasteiger partial charge >= 0.3 is 5.97 Å². The number of hydrogen-bond donors (Lipinski definition) is 2. The molecule has 0 aliphatic heterocycles. The number of amides is 1. The number of benzene rings is 2. The SMILES string of the molecule is CS(=O)CC(NC(=O)CCc1ccccc1C(=O)O)c1ccccc1. The van der Waals surface area contributed by atoms with Crippen LogP contribution in [0.5, 0.6) is 0 Å². The summed E-state index contributed by atoms with van der Waals surface area (Å²) in [5, 5.41) is 12.1. The van der Waals surface area contributed by atoms with Crippen LogP contribution in [0.25, 0.3) is 0 Å². The van der Waals surface area contributed by atoms with E-state index in [-0.39, 0.29) is 23.9 Å². The molecule has 0 spiro atoms. The number of hydrogen-bond acceptors (Lipinski definition) is 3. The van der Waals surface area contributed by atoms with E-state index in [1.165, 1.54) is 6.07 Å². The number of aryl methyl sites for hydroxylation is 1. The average molecular weight is 359 g/mol. The third-order valence-corrected chi connectivity index (χ3v) is 4.61. The molecule has 0 bridgehead atoms. The van der Waals surface area contributed by atoms with Gasteiger partial charge in [0, 0.05) is 29.2 Å². The first-order chi connectivity index (χ1) is 12.0. The van der Waals surface area contributed by atoms with Crippen molar-refractivity contribution in [3.63, 3.8) is 0 Å². The Morgan fingerprint density at radius 3 is 2.36 bits per heavy atom. The molecular formula is C19H21NO4S. The summed E-state index contributed by atoms with van der Waals surface area (Å²) in [7, 11) is -1.05. The lowest BCUT2D eigenvalue weighted by molar-refractivity contribution is -0.121. The maximum atomic E-state index is 12.3. The summed E-state index contributed by atoms with van der Waals surface area (Å²) >= 11 is 0. The van der Waals surface area contributed by atoms with Crippen molar-refractivity contribution in [3.05, 3.63) is 71.3 Å². The van der Waals surface area contributed by atoms with Gasteiger partial charge < -0.3 is 10.4 Å². The highest BCUT2D eigenvalue weighted by atomic mass is 32.2. The van der Waals surface area contributed by atoms with Gasteiger partial charge in [-0.25, -0.2) is 4.79 Å². The van der Waals surface area contributed by atoms with E-state index in [1.54, 1.807) is 24.5 Å². The number of carboxylic acid groups (broad SMARTS) is 1. The fourth-order valence-corrected chi connectivity index (χ4v) is 3.35. The molecule has 0 aliphatic carbocycles. The molecule has 2 aromatic rings. The highest BCUT2D eigenvalue weighted by molar-refractivity contribution is 7.84. The predicted molar refractivity (Wildman–Crippen MR) is 98.0 cm³/mol. The molecule has 0 radical (unpaired) electrons. The maximum absolute atomic E-state index is 12.3. The third kappa shape index (κ3) is 5.83. The number of aromatic carboxylic acids is 1. The topological polar surface area (TPSA) is 83.5 Å². The lowest BCUT2D eigenvalue weighted by Gasteiger charge is -2.18. The highest BCUT2D eigenvalue weighted by Crippen LogP contribution is 2.15. The summed E-state index contributed by atoms with van der Waals surface area (Å²) < 4.78 is 11.6. The van der Waals surface area contributed by atoms with E-state index < -0.39 is 16.8 Å². The van der Waals surface area contributed by atoms with Crippen LogP contribution in [0.1, 0.15) is 33.9 Å². The Labute approximate surface area is 149 Å². The van der Waals surface area contributed by atoms with Gasteiger partial charge in [0.15, 0.2) is 0 Å². The standard InChI is InChI=1S/C19H21NO4S/c1-25(24)13-17(15-8-3-2-4-9-15)20-18(21)12-11-14-7-5-6-10-16(14)19(22)23/h2-10,17H,11-13H2,1H3,(H,20,21)(H,22,23). The van der Waals surface area contributed by atoms with Gasteiger partial charge in [0.25, 0.3) is 0 Å². The summed E-state index contributed by atoms with van der Waals surface area (Å²) in [6, 6.07) is 15.7. The fourth-order valence-electron chi connectivity index (χ4n) is 2.60. The lowest BCUT2D eigenvalue weighted by Crippen LogP contribution is -2.32. The summed E-state index contributed by atoms with van der Waals surface area (Å²) in [5.74, 6) is -0.861. The molecule has 2 rings (SSSR count). The predicted octanol–water partition coefficient (Wildman–Crippen LogP) is 2.55. The van der Waals surface area contributed by atoms with Crippen molar-refractivity contribution < 1.29 is 18.9 Å². The second-order valence-electron chi connectivity index (χ2n) is 5.73. The average Bonchev–Trinajstić information content (AvgIpc) is 2.60. The molecule has 0 saturated carbocycles. The maximum Gasteiger partial charge on any atom is 0.335 e. The molecule has 6 heteroatoms. The molecule has 2 N–H and O–H groups in total. The molecule has 0 fully saturated rings. The molecule has 132 valence electrons. The van der Waals surface area contributed by atoms with E-state index in [9.17, 15) is 18.9 Å². The molecule has 2 atom stereocenters. The molecule has 1 amide bonds. The van der Waals surface area contributed by atoms with Gasteiger partial charge in [-0.3, -0.25) is 9.00 Å². The monoisotopic (exact) mass is 359 g/mol. The quantitative estimate of drug-likeness (QED) is 0.759. The Hall–Kier alpha value is -2.47. The molecule has 0 aliphatic rings. The smallest absolute Gasteiger partial charge is 0.335 e. The number of carbonyl (C=O) groups is 2. The number of rotatable bonds is 8. The van der Waals surface area contributed by atoms with Crippen LogP contribution in [-0.2, 0) is 22.0 Å². The molecule has 5 nitrogen and oxygen atoms in total. The Bertz CT molecular complexity index is 761. The van der Waals surface area contributed by atoms with Crippen LogP contribution in [0, 0.1) is 0 Å². The third-order valence-electron chi connectivity index (χ3n) is 3.81. The lowest BCUT2D eigenvalue weighted by atomic mass is 10.0. The molecule has 0 aromatic heterocycles. The van der Waals surface area contributed by atoms with Crippen LogP contribution in [0.4, 0.5) is 0 Å². The zero-order valence-corrected chi connectivity index (χ0v) is 14.8. The summed E-state index contributed by atoms with van der Waals surface area (Å²) in [4.78, 5) is 23.5. The van der Waals surface area contributed by atoms with E-state index in [2.05, 4.69) is 5.32 Å². The van der Waals surface area contributed by atoms with Crippen molar-refractivity contribution in [1.29, 1.82) is 0 Å². The number of nitrogens with one attached hydrogen (secondary N) is 1. The van der Waals surface area contributed by atoms with Gasteiger partial charge in [-0.15, -0.1) is 0 Å². The first-order valence-electron chi connectivity index (χ1n) is 7.93. The van der Waals surface area contributed by atoms with E-state index in [1.807, 2.05) is 30.3 Å². The first-order valence-corrected chi connectivity index (χ1v) is 9.65. The Kier molecular flexibility index (Phi) is 6.89. The second-order valence-corrected chi connectivity index (χ2v) is 7.21. The highest BCUT2D eigenvalue weighted by Gasteiger charge is 2.17. The summed E-state index contributed by atoms with van der Waals surface area (Å²) in [6.07, 6.45) is 2.11. The van der Waals surface area contributed by atoms with E-state index in [4.69, 9.17) is 0 Å². The van der Waals surface area contributed by atoms with Crippen LogP contribution >= 0.6 is 0 Å². The molecule has 25 heavy (non-hydrogen) atoms. The van der Waals surface area contributed by atoms with Crippen LogP contribution in [0.15, 0.2) is 54.6 Å². The van der Waals surface area contributed by atoms with Gasteiger partial charge in [0.2, 0.25) is 5.91 Å². The number of carboxylic acids is 1. The van der Waals surface area contributed by atoms with Crippen LogP contribution in [0.3, 0.4) is 0 Å². The van der Waals surface area contributed by atoms with E-state index >= 15 is 0 Å². The van der Waals surface area contributed by atoms with Crippen molar-refractivity contribution >= 4 is 22.7 Å². The Balaban J connectivity index is 2.02. The molecule has 2 aromatic carbocycles. The zero-order chi connectivity index (χ0) is 18.2. The molecular weight excluding hydrogens is 338 g/mol. The van der Waals surface area contributed by atoms with E-state index in [0.717, 1.165) is 5.56 Å². The summed E-state index contributed by atoms with van der Waals surface area (Å²) in [5.41, 5.74) is 1.74. The normalized spacial score (nSPS) is 13.0. The van der Waals surface area contributed by atoms with Crippen LogP contribution in [-0.4, -0.2) is 33.2 Å². The molecule has 0 heterocycles. The van der Waals surface area contributed by atoms with E-state index in [0.29, 0.717) is 17.7 Å². The zero-order valence-electron chi connectivity index (χ0n) is 14.0. The minimum Gasteiger partial charge on any atom is -0.478 e.